The van der Waals surface area contributed by atoms with Gasteiger partial charge in [0.2, 0.25) is 0 Å². The maximum atomic E-state index is 13.6. The molecule has 0 radical (unpaired) electrons. The van der Waals surface area contributed by atoms with Crippen molar-refractivity contribution in [2.24, 2.45) is 11.8 Å². The van der Waals surface area contributed by atoms with E-state index in [2.05, 4.69) is 4.74 Å². The highest BCUT2D eigenvalue weighted by Crippen LogP contribution is 2.26. The van der Waals surface area contributed by atoms with Gasteiger partial charge in [0, 0.05) is 13.1 Å². The molecule has 0 N–H and O–H groups in total. The summed E-state index contributed by atoms with van der Waals surface area (Å²) in [4.78, 5) is 25.0. The maximum Gasteiger partial charge on any atom is 0.310 e. The number of hydrogen-bond donors (Lipinski definition) is 0. The van der Waals surface area contributed by atoms with E-state index in [0.717, 1.165) is 6.07 Å². The first-order chi connectivity index (χ1) is 9.86. The average Bonchev–Trinajstić information content (AvgIpc) is 2.85. The van der Waals surface area contributed by atoms with Crippen molar-refractivity contribution in [3.05, 3.63) is 35.1 Å². The van der Waals surface area contributed by atoms with E-state index in [4.69, 9.17) is 0 Å². The number of methoxy groups -OCH3 is 1. The predicted molar refractivity (Wildman–Crippen MR) is 66.9 cm³/mol. The number of hydrogen-bond acceptors (Lipinski definition) is 3. The molecule has 2 unspecified atom stereocenters. The molecule has 0 aliphatic carbocycles. The van der Waals surface area contributed by atoms with Crippen molar-refractivity contribution in [1.82, 2.24) is 4.90 Å². The smallest absolute Gasteiger partial charge is 0.310 e. The molecule has 2 atom stereocenters. The zero-order chi connectivity index (χ0) is 15.7. The van der Waals surface area contributed by atoms with Crippen molar-refractivity contribution >= 4 is 11.9 Å². The quantitative estimate of drug-likeness (QED) is 0.620. The molecule has 1 fully saturated rings. The summed E-state index contributed by atoms with van der Waals surface area (Å²) in [6, 6.07) is 1.59. The molecule has 0 saturated carbocycles. The second kappa shape index (κ2) is 5.75. The Morgan fingerprint density at radius 1 is 1.19 bits per heavy atom. The van der Waals surface area contributed by atoms with E-state index < -0.39 is 40.8 Å². The average molecular weight is 301 g/mol. The van der Waals surface area contributed by atoms with E-state index in [1.165, 1.54) is 12.0 Å². The van der Waals surface area contributed by atoms with Crippen LogP contribution >= 0.6 is 0 Å². The van der Waals surface area contributed by atoms with Gasteiger partial charge in [0.05, 0.1) is 18.6 Å². The first kappa shape index (κ1) is 15.3. The third kappa shape index (κ3) is 2.72. The lowest BCUT2D eigenvalue weighted by molar-refractivity contribution is -0.146. The van der Waals surface area contributed by atoms with Crippen LogP contribution in [0.15, 0.2) is 12.1 Å². The topological polar surface area (TPSA) is 46.6 Å². The van der Waals surface area contributed by atoms with Crippen molar-refractivity contribution in [2.75, 3.05) is 20.2 Å². The number of amides is 1. The van der Waals surface area contributed by atoms with Crippen molar-refractivity contribution < 1.29 is 27.5 Å². The second-order valence-electron chi connectivity index (χ2n) is 5.04. The van der Waals surface area contributed by atoms with Gasteiger partial charge in [0.15, 0.2) is 17.5 Å². The summed E-state index contributed by atoms with van der Waals surface area (Å²) in [5.41, 5.74) is -0.549. The Kier molecular flexibility index (Phi) is 4.20. The Balaban J connectivity index is 2.23. The standard InChI is InChI=1S/C14H14F3NO3/c1-7-5-18(6-9(7)14(20)21-2)13(19)8-3-4-10(15)12(17)11(8)16/h3-4,7,9H,5-6H2,1-2H3. The zero-order valence-corrected chi connectivity index (χ0v) is 11.5. The number of carbonyl (C=O) groups is 2. The monoisotopic (exact) mass is 301 g/mol. The van der Waals surface area contributed by atoms with E-state index in [1.54, 1.807) is 6.92 Å². The number of rotatable bonds is 2. The van der Waals surface area contributed by atoms with Gasteiger partial charge in [0.1, 0.15) is 0 Å². The summed E-state index contributed by atoms with van der Waals surface area (Å²) in [5.74, 6) is -6.45. The van der Waals surface area contributed by atoms with Crippen molar-refractivity contribution in [3.8, 4) is 0 Å². The maximum absolute atomic E-state index is 13.6. The number of carbonyl (C=O) groups excluding carboxylic acids is 2. The fraction of sp³-hybridized carbons (Fsp3) is 0.429. The lowest BCUT2D eigenvalue weighted by Gasteiger charge is -2.16. The Morgan fingerprint density at radius 3 is 2.48 bits per heavy atom. The molecule has 114 valence electrons. The third-order valence-electron chi connectivity index (χ3n) is 3.67. The second-order valence-corrected chi connectivity index (χ2v) is 5.04. The van der Waals surface area contributed by atoms with Gasteiger partial charge in [-0.05, 0) is 18.1 Å². The van der Waals surface area contributed by atoms with Crippen LogP contribution in [0.2, 0.25) is 0 Å². The van der Waals surface area contributed by atoms with E-state index in [0.29, 0.717) is 6.07 Å². The molecule has 21 heavy (non-hydrogen) atoms. The predicted octanol–water partition coefficient (Wildman–Crippen LogP) is 1.98. The molecule has 1 saturated heterocycles. The molecule has 1 aliphatic heterocycles. The number of nitrogens with zero attached hydrogens (tertiary/aromatic N) is 1. The fourth-order valence-electron chi connectivity index (χ4n) is 2.45. The molecule has 0 aromatic heterocycles. The molecule has 0 bridgehead atoms. The molecule has 7 heteroatoms. The number of esters is 1. The first-order valence-electron chi connectivity index (χ1n) is 6.37. The van der Waals surface area contributed by atoms with Crippen LogP contribution in [0.25, 0.3) is 0 Å². The van der Waals surface area contributed by atoms with Crippen LogP contribution in [0.1, 0.15) is 17.3 Å². The van der Waals surface area contributed by atoms with Crippen LogP contribution in [0.5, 0.6) is 0 Å². The highest BCUT2D eigenvalue weighted by molar-refractivity contribution is 5.95. The molecule has 0 spiro atoms. The van der Waals surface area contributed by atoms with Gasteiger partial charge in [0.25, 0.3) is 5.91 Å². The molecule has 1 aromatic carbocycles. The van der Waals surface area contributed by atoms with Crippen LogP contribution in [-0.2, 0) is 9.53 Å². The van der Waals surface area contributed by atoms with Crippen molar-refractivity contribution in [1.29, 1.82) is 0 Å². The Bertz CT molecular complexity index is 591. The number of likely N-dealkylation sites (tertiary alicyclic amines) is 1. The zero-order valence-electron chi connectivity index (χ0n) is 11.5. The van der Waals surface area contributed by atoms with Crippen LogP contribution in [0.3, 0.4) is 0 Å². The molecule has 1 heterocycles. The lowest BCUT2D eigenvalue weighted by atomic mass is 9.99. The molecule has 1 aliphatic rings. The fourth-order valence-corrected chi connectivity index (χ4v) is 2.45. The van der Waals surface area contributed by atoms with Crippen LogP contribution in [0.4, 0.5) is 13.2 Å². The summed E-state index contributed by atoms with van der Waals surface area (Å²) < 4.78 is 44.3. The summed E-state index contributed by atoms with van der Waals surface area (Å²) in [6.45, 7) is 2.04. The minimum Gasteiger partial charge on any atom is -0.469 e. The normalized spacial score (nSPS) is 21.5. The first-order valence-corrected chi connectivity index (χ1v) is 6.37. The van der Waals surface area contributed by atoms with E-state index in [9.17, 15) is 22.8 Å². The van der Waals surface area contributed by atoms with Gasteiger partial charge < -0.3 is 9.64 Å². The highest BCUT2D eigenvalue weighted by Gasteiger charge is 2.38. The number of ether oxygens (including phenoxy) is 1. The van der Waals surface area contributed by atoms with E-state index >= 15 is 0 Å². The van der Waals surface area contributed by atoms with Gasteiger partial charge in [-0.25, -0.2) is 13.2 Å². The van der Waals surface area contributed by atoms with E-state index in [1.807, 2.05) is 0 Å². The summed E-state index contributed by atoms with van der Waals surface area (Å²) in [5, 5.41) is 0. The summed E-state index contributed by atoms with van der Waals surface area (Å²) in [6.07, 6.45) is 0. The summed E-state index contributed by atoms with van der Waals surface area (Å²) >= 11 is 0. The molecule has 2 rings (SSSR count). The minimum absolute atomic E-state index is 0.0606. The van der Waals surface area contributed by atoms with Crippen LogP contribution in [-0.4, -0.2) is 37.0 Å². The van der Waals surface area contributed by atoms with Crippen molar-refractivity contribution in [3.63, 3.8) is 0 Å². The molecule has 4 nitrogen and oxygen atoms in total. The van der Waals surface area contributed by atoms with Gasteiger partial charge in [-0.3, -0.25) is 9.59 Å². The third-order valence-corrected chi connectivity index (χ3v) is 3.67. The largest absolute Gasteiger partial charge is 0.469 e. The van der Waals surface area contributed by atoms with Gasteiger partial charge in [-0.1, -0.05) is 6.92 Å². The Hall–Kier alpha value is -2.05. The molecule has 1 amide bonds. The Labute approximate surface area is 119 Å². The summed E-state index contributed by atoms with van der Waals surface area (Å²) in [7, 11) is 1.24. The molecular weight excluding hydrogens is 287 g/mol. The van der Waals surface area contributed by atoms with Gasteiger partial charge in [-0.15, -0.1) is 0 Å². The van der Waals surface area contributed by atoms with Crippen LogP contribution < -0.4 is 0 Å². The number of halogens is 3. The SMILES string of the molecule is COC(=O)C1CN(C(=O)c2ccc(F)c(F)c2F)CC1C. The van der Waals surface area contributed by atoms with Crippen LogP contribution in [0, 0.1) is 29.3 Å². The van der Waals surface area contributed by atoms with Gasteiger partial charge >= 0.3 is 5.97 Å². The molecule has 1 aromatic rings. The van der Waals surface area contributed by atoms with Crippen molar-refractivity contribution in [2.45, 2.75) is 6.92 Å². The Morgan fingerprint density at radius 2 is 1.86 bits per heavy atom. The minimum atomic E-state index is -1.68. The highest BCUT2D eigenvalue weighted by atomic mass is 19.2. The lowest BCUT2D eigenvalue weighted by Crippen LogP contribution is -2.31. The van der Waals surface area contributed by atoms with Gasteiger partial charge in [-0.2, -0.15) is 0 Å². The van der Waals surface area contributed by atoms with E-state index in [-0.39, 0.29) is 19.0 Å². The number of benzene rings is 1. The molecular formula is C14H14F3NO3.